The lowest BCUT2D eigenvalue weighted by molar-refractivity contribution is -0.696. The topological polar surface area (TPSA) is 169 Å². The van der Waals surface area contributed by atoms with Crippen LogP contribution < -0.4 is 17.0 Å². The highest BCUT2D eigenvalue weighted by Crippen LogP contribution is 2.09. The second-order valence-corrected chi connectivity index (χ2v) is 29.5. The largest absolute Gasteiger partial charge is 1.00 e. The van der Waals surface area contributed by atoms with E-state index in [4.69, 9.17) is 23.2 Å². The fourth-order valence-corrected chi connectivity index (χ4v) is 4.74. The van der Waals surface area contributed by atoms with Crippen LogP contribution in [0.4, 0.5) is 0 Å². The molecule has 1 aromatic heterocycles. The number of aryl methyl sites for hydroxylation is 2. The Morgan fingerprint density at radius 2 is 0.974 bits per heavy atom. The van der Waals surface area contributed by atoms with Crippen molar-refractivity contribution in [1.29, 1.82) is 0 Å². The van der Waals surface area contributed by atoms with E-state index in [9.17, 15) is 19.2 Å². The van der Waals surface area contributed by atoms with Gasteiger partial charge in [0, 0.05) is 25.3 Å². The zero-order valence-electron chi connectivity index (χ0n) is 26.1. The lowest BCUT2D eigenvalue weighted by Gasteiger charge is -2.15. The van der Waals surface area contributed by atoms with E-state index in [1.165, 1.54) is 0 Å². The molecule has 7 N–H and O–H groups in total. The van der Waals surface area contributed by atoms with Crippen LogP contribution in [0.1, 0.15) is 26.7 Å². The highest BCUT2D eigenvalue weighted by molar-refractivity contribution is 6.68. The van der Waals surface area contributed by atoms with Gasteiger partial charge in [-0.3, -0.25) is 0 Å². The van der Waals surface area contributed by atoms with Crippen LogP contribution in [0.15, 0.2) is 18.7 Å². The first-order valence-electron chi connectivity index (χ1n) is 13.2. The van der Waals surface area contributed by atoms with Crippen molar-refractivity contribution < 1.29 is 59.4 Å². The molecule has 0 bridgehead atoms. The summed E-state index contributed by atoms with van der Waals surface area (Å²) >= 11 is 0. The average Bonchev–Trinajstić information content (AvgIpc) is 3.04. The number of rotatable bonds is 12. The molecule has 1 rings (SSSR count). The van der Waals surface area contributed by atoms with Crippen molar-refractivity contribution in [3.63, 3.8) is 0 Å². The fraction of sp³-hybridized carbons (Fsp3) is 0.864. The predicted octanol–water partition coefficient (Wildman–Crippen LogP) is -1.08. The summed E-state index contributed by atoms with van der Waals surface area (Å²) in [5.74, 6) is 0. The second-order valence-electron chi connectivity index (χ2n) is 12.0. The predicted molar refractivity (Wildman–Crippen MR) is 164 cm³/mol. The van der Waals surface area contributed by atoms with Crippen LogP contribution in [0.25, 0.3) is 0 Å². The zero-order valence-corrected chi connectivity index (χ0v) is 31.9. The summed E-state index contributed by atoms with van der Waals surface area (Å²) in [6.07, 6.45) is 6.98. The number of nitrogens with zero attached hydrogens (tertiary/aromatic N) is 2. The van der Waals surface area contributed by atoms with Crippen molar-refractivity contribution in [3.05, 3.63) is 18.7 Å². The van der Waals surface area contributed by atoms with Gasteiger partial charge in [-0.2, -0.15) is 0 Å². The first-order valence-corrected chi connectivity index (χ1v) is 27.5. The van der Waals surface area contributed by atoms with Crippen molar-refractivity contribution in [3.8, 4) is 0 Å². The molecule has 0 saturated carbocycles. The molecule has 11 nitrogen and oxygen atoms in total. The third-order valence-corrected chi connectivity index (χ3v) is 6.85. The average molecular weight is 672 g/mol. The molecule has 39 heavy (non-hydrogen) atoms. The van der Waals surface area contributed by atoms with E-state index in [0.717, 1.165) is 0 Å². The summed E-state index contributed by atoms with van der Waals surface area (Å²) < 4.78 is 13.8. The standard InChI is InChI=1S/C13H29N2O6Si2.3C3H10OSi.ClH/c1-3-20-22(16,17)11-5-7-14-9-10-15(13-14)8-6-12-23(18,19)21-4-2;3*1-5(2,3)4;/h9-10,13,16-19H,3-8,11-12H2,1-2H3;3*4H,1-3H3;1H/q+1;;;;/p-1. The van der Waals surface area contributed by atoms with E-state index in [1.54, 1.807) is 13.8 Å². The highest BCUT2D eigenvalue weighted by atomic mass is 35.5. The molecule has 0 atom stereocenters. The minimum atomic E-state index is -3.49. The van der Waals surface area contributed by atoms with Crippen molar-refractivity contribution in [2.24, 2.45) is 0 Å². The molecule has 0 fully saturated rings. The third kappa shape index (κ3) is 51.4. The normalized spacial score (nSPS) is 12.2. The Balaban J connectivity index is -0.000000313. The third-order valence-electron chi connectivity index (χ3n) is 3.33. The van der Waals surface area contributed by atoms with Crippen LogP contribution in [0.5, 0.6) is 0 Å². The molecule has 0 aromatic carbocycles. The van der Waals surface area contributed by atoms with Gasteiger partial charge >= 0.3 is 17.6 Å². The first kappa shape index (κ1) is 46.2. The van der Waals surface area contributed by atoms with Gasteiger partial charge in [-0.05, 0) is 85.6 Å². The zero-order chi connectivity index (χ0) is 30.8. The summed E-state index contributed by atoms with van der Waals surface area (Å²) in [5.41, 5.74) is 0. The quantitative estimate of drug-likeness (QED) is 0.108. The van der Waals surface area contributed by atoms with Gasteiger partial charge in [-0.15, -0.1) is 0 Å². The Morgan fingerprint density at radius 3 is 1.31 bits per heavy atom. The van der Waals surface area contributed by atoms with Gasteiger partial charge in [-0.1, -0.05) is 0 Å². The van der Waals surface area contributed by atoms with Crippen molar-refractivity contribution in [2.45, 2.75) is 111 Å². The molecule has 17 heteroatoms. The molecule has 1 heterocycles. The molecule has 238 valence electrons. The number of imidazole rings is 1. The van der Waals surface area contributed by atoms with Crippen LogP contribution in [-0.4, -0.2) is 93.9 Å². The molecular formula is C22H59ClN2O9Si5. The lowest BCUT2D eigenvalue weighted by atomic mass is 10.5. The van der Waals surface area contributed by atoms with Crippen LogP contribution in [0, 0.1) is 0 Å². The summed E-state index contributed by atoms with van der Waals surface area (Å²) in [4.78, 5) is 64.5. The van der Waals surface area contributed by atoms with Crippen LogP contribution >= 0.6 is 0 Å². The van der Waals surface area contributed by atoms with E-state index in [0.29, 0.717) is 39.1 Å². The summed E-state index contributed by atoms with van der Waals surface area (Å²) in [6.45, 7) is 22.4. The Morgan fingerprint density at radius 1 is 0.641 bits per heavy atom. The van der Waals surface area contributed by atoms with Gasteiger partial charge in [0.2, 0.25) is 6.33 Å². The summed E-state index contributed by atoms with van der Waals surface area (Å²) in [6, 6.07) is 0.549. The van der Waals surface area contributed by atoms with Gasteiger partial charge in [0.25, 0.3) is 0 Å². The van der Waals surface area contributed by atoms with E-state index >= 15 is 0 Å². The molecular weight excluding hydrogens is 612 g/mol. The number of aromatic nitrogens is 2. The van der Waals surface area contributed by atoms with Crippen LogP contribution in [-0.2, 0) is 21.9 Å². The maximum Gasteiger partial charge on any atom is 0.495 e. The molecule has 0 aliphatic heterocycles. The fourth-order valence-electron chi connectivity index (χ4n) is 2.29. The molecule has 0 unspecified atom stereocenters. The number of halogens is 1. The van der Waals surface area contributed by atoms with Gasteiger partial charge in [0.15, 0.2) is 25.0 Å². The van der Waals surface area contributed by atoms with Crippen molar-refractivity contribution in [1.82, 2.24) is 4.57 Å². The van der Waals surface area contributed by atoms with Gasteiger partial charge in [0.1, 0.15) is 12.4 Å². The first-order chi connectivity index (χ1) is 16.8. The lowest BCUT2D eigenvalue weighted by Crippen LogP contribution is -3.00. The second kappa shape index (κ2) is 21.9. The smallest absolute Gasteiger partial charge is 0.495 e. The Bertz CT molecular complexity index is 626. The van der Waals surface area contributed by atoms with Gasteiger partial charge in [-0.25, -0.2) is 9.13 Å². The number of hydrogen-bond donors (Lipinski definition) is 7. The highest BCUT2D eigenvalue weighted by Gasteiger charge is 2.32. The Kier molecular flexibility index (Phi) is 25.9. The van der Waals surface area contributed by atoms with E-state index < -0.39 is 42.6 Å². The van der Waals surface area contributed by atoms with Gasteiger partial charge in [0.05, 0.1) is 13.1 Å². The Labute approximate surface area is 248 Å². The maximum absolute atomic E-state index is 9.64. The molecule has 0 radical (unpaired) electrons. The van der Waals surface area contributed by atoms with Crippen LogP contribution in [0.2, 0.25) is 71.0 Å². The monoisotopic (exact) mass is 670 g/mol. The molecule has 0 saturated heterocycles. The van der Waals surface area contributed by atoms with Crippen molar-refractivity contribution >= 4 is 42.6 Å². The molecule has 0 spiro atoms. The molecule has 0 aliphatic rings. The van der Waals surface area contributed by atoms with E-state index in [1.807, 2.05) is 86.8 Å². The molecule has 1 aromatic rings. The van der Waals surface area contributed by atoms with Gasteiger partial charge < -0.3 is 54.8 Å². The van der Waals surface area contributed by atoms with Crippen molar-refractivity contribution in [2.75, 3.05) is 13.2 Å². The molecule has 0 amide bonds. The SMILES string of the molecule is CCO[Si](O)(O)CCCn1cc[n+](CCC[Si](O)(O)OCC)c1.C[Si](C)(C)O.C[Si](C)(C)O.C[Si](C)(C)O.[Cl-]. The molecule has 0 aliphatic carbocycles. The maximum atomic E-state index is 9.64. The summed E-state index contributed by atoms with van der Waals surface area (Å²) in [7, 11) is -11.8. The summed E-state index contributed by atoms with van der Waals surface area (Å²) in [5, 5.41) is 0. The Hall–Kier alpha value is 0.224. The number of hydrogen-bond acceptors (Lipinski definition) is 9. The van der Waals surface area contributed by atoms with E-state index in [2.05, 4.69) is 0 Å². The minimum Gasteiger partial charge on any atom is -1.00 e. The minimum absolute atomic E-state index is 0. The van der Waals surface area contributed by atoms with Crippen LogP contribution in [0.3, 0.4) is 0 Å². The van der Waals surface area contributed by atoms with E-state index in [-0.39, 0.29) is 24.5 Å².